The van der Waals surface area contributed by atoms with Crippen molar-refractivity contribution in [2.75, 3.05) is 5.73 Å². The molecule has 0 saturated carbocycles. The highest BCUT2D eigenvalue weighted by molar-refractivity contribution is 5.86. The highest BCUT2D eigenvalue weighted by Gasteiger charge is 2.55. The van der Waals surface area contributed by atoms with Crippen molar-refractivity contribution in [3.05, 3.63) is 54.2 Å². The SMILES string of the molecule is C[C@@]1(O)[C@@H](C(O)c2ccc(F)cc2)O[C@@H](n2ccc3c(N)ncnc32)[C@@H]1O. The summed E-state index contributed by atoms with van der Waals surface area (Å²) in [6.45, 7) is 1.38. The number of nitrogens with two attached hydrogens (primary N) is 1. The Kier molecular flexibility index (Phi) is 4.11. The summed E-state index contributed by atoms with van der Waals surface area (Å²) < 4.78 is 20.5. The number of fused-ring (bicyclic) bond motifs is 1. The van der Waals surface area contributed by atoms with Gasteiger partial charge in [0, 0.05) is 6.20 Å². The molecular weight excluding hydrogens is 355 g/mol. The smallest absolute Gasteiger partial charge is 0.164 e. The molecule has 0 aliphatic carbocycles. The number of halogens is 1. The molecule has 27 heavy (non-hydrogen) atoms. The number of rotatable bonds is 3. The van der Waals surface area contributed by atoms with Gasteiger partial charge < -0.3 is 30.4 Å². The van der Waals surface area contributed by atoms with Gasteiger partial charge >= 0.3 is 0 Å². The van der Waals surface area contributed by atoms with Gasteiger partial charge in [-0.25, -0.2) is 14.4 Å². The fourth-order valence-electron chi connectivity index (χ4n) is 3.46. The lowest BCUT2D eigenvalue weighted by atomic mass is 9.88. The van der Waals surface area contributed by atoms with Crippen molar-refractivity contribution in [3.8, 4) is 0 Å². The Balaban J connectivity index is 1.70. The van der Waals surface area contributed by atoms with Gasteiger partial charge in [-0.1, -0.05) is 12.1 Å². The second kappa shape index (κ2) is 6.24. The standard InChI is InChI=1S/C18H19FN4O4/c1-18(26)13(25)17(23-7-6-11-15(20)21-8-22-16(11)23)27-14(18)12(24)9-2-4-10(19)5-3-9/h2-8,12-14,17,24-26H,1H3,(H2,20,21,22)/t12?,13-,14+,17+,18-/m0/s1. The lowest BCUT2D eigenvalue weighted by Crippen LogP contribution is -2.47. The molecule has 8 nitrogen and oxygen atoms in total. The summed E-state index contributed by atoms with van der Waals surface area (Å²) in [5, 5.41) is 32.8. The first-order valence-corrected chi connectivity index (χ1v) is 8.37. The zero-order valence-electron chi connectivity index (χ0n) is 14.4. The third-order valence-corrected chi connectivity index (χ3v) is 5.04. The number of aliphatic hydroxyl groups excluding tert-OH is 2. The van der Waals surface area contributed by atoms with Crippen LogP contribution in [0.5, 0.6) is 0 Å². The molecule has 1 aliphatic rings. The van der Waals surface area contributed by atoms with Crippen molar-refractivity contribution in [3.63, 3.8) is 0 Å². The first-order valence-electron chi connectivity index (χ1n) is 8.37. The molecule has 0 bridgehead atoms. The number of hydrogen-bond acceptors (Lipinski definition) is 7. The molecule has 1 aliphatic heterocycles. The van der Waals surface area contributed by atoms with E-state index in [-0.39, 0.29) is 5.82 Å². The summed E-state index contributed by atoms with van der Waals surface area (Å²) in [5.74, 6) is -0.167. The van der Waals surface area contributed by atoms with Crippen molar-refractivity contribution < 1.29 is 24.4 Å². The Morgan fingerprint density at radius 1 is 1.26 bits per heavy atom. The zero-order valence-corrected chi connectivity index (χ0v) is 14.4. The molecule has 5 N–H and O–H groups in total. The van der Waals surface area contributed by atoms with Crippen LogP contribution in [0.25, 0.3) is 11.0 Å². The summed E-state index contributed by atoms with van der Waals surface area (Å²) in [5.41, 5.74) is 4.85. The van der Waals surface area contributed by atoms with E-state index >= 15 is 0 Å². The van der Waals surface area contributed by atoms with Crippen molar-refractivity contribution >= 4 is 16.9 Å². The highest BCUT2D eigenvalue weighted by Crippen LogP contribution is 2.43. The van der Waals surface area contributed by atoms with E-state index in [1.807, 2.05) is 0 Å². The number of nitrogens with zero attached hydrogens (tertiary/aromatic N) is 3. The molecule has 3 heterocycles. The largest absolute Gasteiger partial charge is 0.386 e. The van der Waals surface area contributed by atoms with Gasteiger partial charge in [-0.05, 0) is 30.7 Å². The number of anilines is 1. The lowest BCUT2D eigenvalue weighted by molar-refractivity contribution is -0.115. The molecule has 142 valence electrons. The lowest BCUT2D eigenvalue weighted by Gasteiger charge is -2.29. The first kappa shape index (κ1) is 17.8. The second-order valence-electron chi connectivity index (χ2n) is 6.83. The van der Waals surface area contributed by atoms with E-state index in [2.05, 4.69) is 9.97 Å². The number of aliphatic hydroxyl groups is 3. The minimum absolute atomic E-state index is 0.279. The molecule has 9 heteroatoms. The number of benzene rings is 1. The third kappa shape index (κ3) is 2.76. The van der Waals surface area contributed by atoms with E-state index in [0.717, 1.165) is 0 Å². The van der Waals surface area contributed by atoms with Crippen LogP contribution in [0, 0.1) is 5.82 Å². The Labute approximate surface area is 153 Å². The number of hydrogen-bond donors (Lipinski definition) is 4. The number of aromatic nitrogens is 3. The van der Waals surface area contributed by atoms with Gasteiger partial charge in [-0.3, -0.25) is 0 Å². The summed E-state index contributed by atoms with van der Waals surface area (Å²) in [4.78, 5) is 8.08. The van der Waals surface area contributed by atoms with Crippen LogP contribution in [0.2, 0.25) is 0 Å². The molecule has 1 fully saturated rings. The third-order valence-electron chi connectivity index (χ3n) is 5.04. The van der Waals surface area contributed by atoms with E-state index in [0.29, 0.717) is 16.6 Å². The van der Waals surface area contributed by atoms with Gasteiger partial charge in [0.25, 0.3) is 0 Å². The van der Waals surface area contributed by atoms with Crippen molar-refractivity contribution in [2.45, 2.75) is 37.1 Å². The Morgan fingerprint density at radius 2 is 1.96 bits per heavy atom. The van der Waals surface area contributed by atoms with Crippen LogP contribution in [0.15, 0.2) is 42.9 Å². The Morgan fingerprint density at radius 3 is 2.67 bits per heavy atom. The fourth-order valence-corrected chi connectivity index (χ4v) is 3.46. The quantitative estimate of drug-likeness (QED) is 0.536. The Bertz CT molecular complexity index is 975. The van der Waals surface area contributed by atoms with E-state index in [4.69, 9.17) is 10.5 Å². The molecular formula is C18H19FN4O4. The Hall–Kier alpha value is -2.59. The maximum absolute atomic E-state index is 13.1. The van der Waals surface area contributed by atoms with E-state index < -0.39 is 36.0 Å². The monoisotopic (exact) mass is 374 g/mol. The maximum atomic E-state index is 13.1. The minimum atomic E-state index is -1.77. The van der Waals surface area contributed by atoms with Crippen LogP contribution in [-0.4, -0.2) is 47.7 Å². The van der Waals surface area contributed by atoms with Gasteiger partial charge in [-0.15, -0.1) is 0 Å². The first-order chi connectivity index (χ1) is 12.8. The van der Waals surface area contributed by atoms with Gasteiger partial charge in [0.05, 0.1) is 5.39 Å². The maximum Gasteiger partial charge on any atom is 0.164 e. The molecule has 2 aromatic heterocycles. The molecule has 0 spiro atoms. The van der Waals surface area contributed by atoms with Crippen LogP contribution in [-0.2, 0) is 4.74 Å². The van der Waals surface area contributed by atoms with Gasteiger partial charge in [0.1, 0.15) is 47.5 Å². The van der Waals surface area contributed by atoms with Crippen molar-refractivity contribution in [1.82, 2.24) is 14.5 Å². The van der Waals surface area contributed by atoms with E-state index in [1.165, 1.54) is 42.1 Å². The predicted molar refractivity (Wildman–Crippen MR) is 93.8 cm³/mol. The topological polar surface area (TPSA) is 127 Å². The molecule has 1 unspecified atom stereocenters. The molecule has 0 amide bonds. The van der Waals surface area contributed by atoms with Crippen molar-refractivity contribution in [1.29, 1.82) is 0 Å². The molecule has 1 saturated heterocycles. The highest BCUT2D eigenvalue weighted by atomic mass is 19.1. The van der Waals surface area contributed by atoms with Gasteiger partial charge in [-0.2, -0.15) is 0 Å². The number of nitrogen functional groups attached to an aromatic ring is 1. The average molecular weight is 374 g/mol. The molecule has 4 rings (SSSR count). The van der Waals surface area contributed by atoms with E-state index in [1.54, 1.807) is 12.3 Å². The molecule has 1 aromatic carbocycles. The molecule has 0 radical (unpaired) electrons. The summed E-state index contributed by atoms with van der Waals surface area (Å²) in [6.07, 6.45) is -1.89. The summed E-state index contributed by atoms with van der Waals surface area (Å²) in [7, 11) is 0. The second-order valence-corrected chi connectivity index (χ2v) is 6.83. The predicted octanol–water partition coefficient (Wildman–Crippen LogP) is 0.895. The zero-order chi connectivity index (χ0) is 19.3. The van der Waals surface area contributed by atoms with Crippen LogP contribution in [0.4, 0.5) is 10.2 Å². The van der Waals surface area contributed by atoms with Crippen LogP contribution < -0.4 is 5.73 Å². The number of ether oxygens (including phenoxy) is 1. The fraction of sp³-hybridized carbons (Fsp3) is 0.333. The average Bonchev–Trinajstić information content (AvgIpc) is 3.16. The van der Waals surface area contributed by atoms with Gasteiger partial charge in [0.15, 0.2) is 6.23 Å². The van der Waals surface area contributed by atoms with E-state index in [9.17, 15) is 19.7 Å². The normalized spacial score (nSPS) is 29.3. The van der Waals surface area contributed by atoms with Crippen LogP contribution in [0.3, 0.4) is 0 Å². The minimum Gasteiger partial charge on any atom is -0.386 e. The molecule has 3 aromatic rings. The molecule has 5 atom stereocenters. The van der Waals surface area contributed by atoms with Crippen LogP contribution in [0.1, 0.15) is 24.8 Å². The van der Waals surface area contributed by atoms with Gasteiger partial charge in [0.2, 0.25) is 0 Å². The summed E-state index contributed by atoms with van der Waals surface area (Å²) in [6, 6.07) is 6.89. The van der Waals surface area contributed by atoms with Crippen LogP contribution >= 0.6 is 0 Å². The van der Waals surface area contributed by atoms with Crippen molar-refractivity contribution in [2.24, 2.45) is 0 Å². The summed E-state index contributed by atoms with van der Waals surface area (Å²) >= 11 is 0.